The summed E-state index contributed by atoms with van der Waals surface area (Å²) in [4.78, 5) is 2.74. The zero-order valence-electron chi connectivity index (χ0n) is 10.2. The van der Waals surface area contributed by atoms with Crippen molar-refractivity contribution in [1.82, 2.24) is 10.2 Å². The fourth-order valence-electron chi connectivity index (χ4n) is 3.63. The minimum absolute atomic E-state index is 0.790. The molecule has 0 aromatic heterocycles. The summed E-state index contributed by atoms with van der Waals surface area (Å²) in [7, 11) is 0. The highest BCUT2D eigenvalue weighted by Gasteiger charge is 2.36. The molecule has 3 heteroatoms. The maximum atomic E-state index is 5.56. The minimum atomic E-state index is 0.790. The second kappa shape index (κ2) is 5.03. The minimum Gasteiger partial charge on any atom is -0.381 e. The molecule has 0 saturated carbocycles. The summed E-state index contributed by atoms with van der Waals surface area (Å²) < 4.78 is 5.56. The Hall–Kier alpha value is -0.120. The zero-order chi connectivity index (χ0) is 10.8. The van der Waals surface area contributed by atoms with Crippen molar-refractivity contribution in [2.24, 2.45) is 5.92 Å². The Morgan fingerprint density at radius 2 is 2.00 bits per heavy atom. The Kier molecular flexibility index (Phi) is 3.46. The zero-order valence-corrected chi connectivity index (χ0v) is 10.2. The van der Waals surface area contributed by atoms with E-state index in [0.29, 0.717) is 0 Å². The molecule has 3 rings (SSSR count). The van der Waals surface area contributed by atoms with E-state index in [1.807, 2.05) is 0 Å². The van der Waals surface area contributed by atoms with Gasteiger partial charge in [0.2, 0.25) is 0 Å². The van der Waals surface area contributed by atoms with Gasteiger partial charge in [0.05, 0.1) is 0 Å². The first kappa shape index (κ1) is 11.0. The number of rotatable bonds is 1. The van der Waals surface area contributed by atoms with Crippen LogP contribution in [0.2, 0.25) is 0 Å². The average molecular weight is 224 g/mol. The number of nitrogens with one attached hydrogen (secondary N) is 1. The summed E-state index contributed by atoms with van der Waals surface area (Å²) in [6.45, 7) is 5.82. The Balaban J connectivity index is 1.58. The molecule has 3 atom stereocenters. The van der Waals surface area contributed by atoms with E-state index in [1.54, 1.807) is 0 Å². The lowest BCUT2D eigenvalue weighted by molar-refractivity contribution is 0.134. The van der Waals surface area contributed by atoms with Crippen LogP contribution < -0.4 is 5.32 Å². The normalized spacial score (nSPS) is 41.6. The van der Waals surface area contributed by atoms with Crippen LogP contribution in [0.4, 0.5) is 0 Å². The number of ether oxygens (including phenoxy) is 1. The van der Waals surface area contributed by atoms with Gasteiger partial charge in [-0.2, -0.15) is 0 Å². The summed E-state index contributed by atoms with van der Waals surface area (Å²) in [6, 6.07) is 1.59. The molecule has 3 saturated heterocycles. The number of hydrogen-bond donors (Lipinski definition) is 1. The molecular formula is C13H24N2O. The van der Waals surface area contributed by atoms with Gasteiger partial charge in [-0.3, -0.25) is 4.90 Å². The van der Waals surface area contributed by atoms with Gasteiger partial charge < -0.3 is 10.1 Å². The first-order valence-corrected chi connectivity index (χ1v) is 6.98. The van der Waals surface area contributed by atoms with Gasteiger partial charge in [-0.05, 0) is 44.6 Å². The molecule has 3 fully saturated rings. The third-order valence-electron chi connectivity index (χ3n) is 4.57. The number of piperidine rings is 1. The molecule has 0 aliphatic carbocycles. The van der Waals surface area contributed by atoms with Gasteiger partial charge in [-0.1, -0.05) is 0 Å². The third-order valence-corrected chi connectivity index (χ3v) is 4.57. The van der Waals surface area contributed by atoms with Crippen molar-refractivity contribution < 1.29 is 4.74 Å². The molecule has 0 radical (unpaired) electrons. The van der Waals surface area contributed by atoms with Gasteiger partial charge in [0.1, 0.15) is 0 Å². The van der Waals surface area contributed by atoms with E-state index in [1.165, 1.54) is 51.7 Å². The van der Waals surface area contributed by atoms with Crippen LogP contribution in [0.5, 0.6) is 0 Å². The quantitative estimate of drug-likeness (QED) is 0.725. The van der Waals surface area contributed by atoms with Gasteiger partial charge in [-0.15, -0.1) is 0 Å². The predicted octanol–water partition coefficient (Wildman–Crippen LogP) is 1.24. The van der Waals surface area contributed by atoms with Crippen molar-refractivity contribution >= 4 is 0 Å². The smallest absolute Gasteiger partial charge is 0.0480 e. The first-order chi connectivity index (χ1) is 7.93. The van der Waals surface area contributed by atoms with Crippen molar-refractivity contribution in [3.8, 4) is 0 Å². The monoisotopic (exact) mass is 224 g/mol. The van der Waals surface area contributed by atoms with E-state index >= 15 is 0 Å². The SMILES string of the molecule is C1CNC2CN(C3CCCOCC3)CC2C1. The van der Waals surface area contributed by atoms with Crippen molar-refractivity contribution in [2.45, 2.75) is 44.2 Å². The summed E-state index contributed by atoms with van der Waals surface area (Å²) >= 11 is 0. The van der Waals surface area contributed by atoms with Crippen molar-refractivity contribution in [2.75, 3.05) is 32.8 Å². The fraction of sp³-hybridized carbons (Fsp3) is 1.00. The molecule has 0 spiro atoms. The second-order valence-corrected chi connectivity index (χ2v) is 5.61. The number of hydrogen-bond acceptors (Lipinski definition) is 3. The van der Waals surface area contributed by atoms with Crippen LogP contribution in [0.1, 0.15) is 32.1 Å². The van der Waals surface area contributed by atoms with E-state index < -0.39 is 0 Å². The van der Waals surface area contributed by atoms with Gasteiger partial charge in [-0.25, -0.2) is 0 Å². The summed E-state index contributed by atoms with van der Waals surface area (Å²) in [5.74, 6) is 0.929. The molecule has 3 aliphatic rings. The highest BCUT2D eigenvalue weighted by molar-refractivity contribution is 4.94. The van der Waals surface area contributed by atoms with E-state index in [2.05, 4.69) is 10.2 Å². The highest BCUT2D eigenvalue weighted by atomic mass is 16.5. The van der Waals surface area contributed by atoms with Gasteiger partial charge in [0.25, 0.3) is 0 Å². The lowest BCUT2D eigenvalue weighted by Gasteiger charge is -2.26. The van der Waals surface area contributed by atoms with Crippen LogP contribution >= 0.6 is 0 Å². The fourth-order valence-corrected chi connectivity index (χ4v) is 3.63. The molecule has 3 nitrogen and oxygen atoms in total. The Bertz CT molecular complexity index is 212. The van der Waals surface area contributed by atoms with E-state index in [9.17, 15) is 0 Å². The molecule has 0 amide bonds. The standard InChI is InChI=1S/C13H24N2O/c1-3-11-9-15(10-13(11)14-6-1)12-4-2-7-16-8-5-12/h11-14H,1-10H2. The van der Waals surface area contributed by atoms with Crippen LogP contribution in [0.15, 0.2) is 0 Å². The van der Waals surface area contributed by atoms with Gasteiger partial charge in [0, 0.05) is 38.4 Å². The molecular weight excluding hydrogens is 200 g/mol. The number of fused-ring (bicyclic) bond motifs is 1. The summed E-state index contributed by atoms with van der Waals surface area (Å²) in [5.41, 5.74) is 0. The molecule has 16 heavy (non-hydrogen) atoms. The summed E-state index contributed by atoms with van der Waals surface area (Å²) in [6.07, 6.45) is 6.67. The first-order valence-electron chi connectivity index (χ1n) is 6.98. The molecule has 3 aliphatic heterocycles. The topological polar surface area (TPSA) is 24.5 Å². The lowest BCUT2D eigenvalue weighted by Crippen LogP contribution is -2.41. The van der Waals surface area contributed by atoms with Crippen molar-refractivity contribution in [3.63, 3.8) is 0 Å². The lowest BCUT2D eigenvalue weighted by atomic mass is 9.94. The van der Waals surface area contributed by atoms with E-state index in [0.717, 1.165) is 31.2 Å². The second-order valence-electron chi connectivity index (χ2n) is 5.61. The maximum Gasteiger partial charge on any atom is 0.0480 e. The Morgan fingerprint density at radius 3 is 2.94 bits per heavy atom. The van der Waals surface area contributed by atoms with Crippen molar-refractivity contribution in [3.05, 3.63) is 0 Å². The third kappa shape index (κ3) is 2.27. The molecule has 3 heterocycles. The Morgan fingerprint density at radius 1 is 1.00 bits per heavy atom. The predicted molar refractivity (Wildman–Crippen MR) is 64.5 cm³/mol. The molecule has 0 aromatic rings. The van der Waals surface area contributed by atoms with Crippen molar-refractivity contribution in [1.29, 1.82) is 0 Å². The van der Waals surface area contributed by atoms with Crippen LogP contribution in [-0.4, -0.2) is 49.8 Å². The van der Waals surface area contributed by atoms with Gasteiger partial charge >= 0.3 is 0 Å². The average Bonchev–Trinajstić information content (AvgIpc) is 2.56. The van der Waals surface area contributed by atoms with Crippen LogP contribution in [-0.2, 0) is 4.74 Å². The molecule has 1 N–H and O–H groups in total. The van der Waals surface area contributed by atoms with Crippen LogP contribution in [0, 0.1) is 5.92 Å². The van der Waals surface area contributed by atoms with Gasteiger partial charge in [0.15, 0.2) is 0 Å². The van der Waals surface area contributed by atoms with Crippen LogP contribution in [0.25, 0.3) is 0 Å². The highest BCUT2D eigenvalue weighted by Crippen LogP contribution is 2.28. The summed E-state index contributed by atoms with van der Waals surface area (Å²) in [5, 5.41) is 3.69. The van der Waals surface area contributed by atoms with E-state index in [4.69, 9.17) is 4.74 Å². The van der Waals surface area contributed by atoms with E-state index in [-0.39, 0.29) is 0 Å². The molecule has 0 aromatic carbocycles. The molecule has 3 unspecified atom stereocenters. The Labute approximate surface area is 98.5 Å². The van der Waals surface area contributed by atoms with Crippen LogP contribution in [0.3, 0.4) is 0 Å². The number of likely N-dealkylation sites (tertiary alicyclic amines) is 1. The number of nitrogens with zero attached hydrogens (tertiary/aromatic N) is 1. The molecule has 0 bridgehead atoms. The largest absolute Gasteiger partial charge is 0.381 e. The maximum absolute atomic E-state index is 5.56. The molecule has 92 valence electrons.